The maximum absolute atomic E-state index is 12.4. The summed E-state index contributed by atoms with van der Waals surface area (Å²) in [5.41, 5.74) is 0.191. The standard InChI is InChI=1S/C18H33N3O4S/c1-12(2)15(8-14(5)18(24)25)21(7)17(23)9-19-16(22)10-20(6)11-26-13(3)4/h8,12-13,15H,9-11H2,1-7H3,(H,19,22)(H,24,25)/t15-/m1/s1. The van der Waals surface area contributed by atoms with Crippen molar-refractivity contribution < 1.29 is 19.5 Å². The average molecular weight is 388 g/mol. The van der Waals surface area contributed by atoms with Crippen molar-refractivity contribution in [2.24, 2.45) is 5.92 Å². The lowest BCUT2D eigenvalue weighted by molar-refractivity contribution is -0.134. The van der Waals surface area contributed by atoms with Crippen molar-refractivity contribution in [1.29, 1.82) is 0 Å². The molecule has 0 aliphatic heterocycles. The van der Waals surface area contributed by atoms with Gasteiger partial charge in [-0.1, -0.05) is 33.8 Å². The smallest absolute Gasteiger partial charge is 0.331 e. The monoisotopic (exact) mass is 387 g/mol. The number of carboxylic acid groups (broad SMARTS) is 1. The van der Waals surface area contributed by atoms with E-state index in [1.165, 1.54) is 11.8 Å². The number of amides is 2. The van der Waals surface area contributed by atoms with Crippen LogP contribution in [0.4, 0.5) is 0 Å². The Balaban J connectivity index is 4.61. The van der Waals surface area contributed by atoms with Crippen LogP contribution in [0.15, 0.2) is 11.6 Å². The molecule has 0 aliphatic carbocycles. The molecule has 0 heterocycles. The Morgan fingerprint density at radius 1 is 1.15 bits per heavy atom. The van der Waals surface area contributed by atoms with Crippen LogP contribution in [0.3, 0.4) is 0 Å². The van der Waals surface area contributed by atoms with Gasteiger partial charge in [0, 0.05) is 23.7 Å². The molecule has 0 spiro atoms. The van der Waals surface area contributed by atoms with Crippen molar-refractivity contribution >= 4 is 29.5 Å². The summed E-state index contributed by atoms with van der Waals surface area (Å²) in [5.74, 6) is -0.684. The molecule has 0 fully saturated rings. The van der Waals surface area contributed by atoms with E-state index in [-0.39, 0.29) is 42.4 Å². The summed E-state index contributed by atoms with van der Waals surface area (Å²) < 4.78 is 0. The number of carbonyl (C=O) groups is 3. The number of hydrogen-bond acceptors (Lipinski definition) is 5. The van der Waals surface area contributed by atoms with Crippen LogP contribution in [-0.4, -0.2) is 77.0 Å². The van der Waals surface area contributed by atoms with Crippen molar-refractivity contribution in [3.8, 4) is 0 Å². The third-order valence-electron chi connectivity index (χ3n) is 3.76. The van der Waals surface area contributed by atoms with Crippen LogP contribution >= 0.6 is 11.8 Å². The minimum atomic E-state index is -1.01. The number of likely N-dealkylation sites (N-methyl/N-ethyl adjacent to an activating group) is 2. The van der Waals surface area contributed by atoms with Gasteiger partial charge in [0.15, 0.2) is 0 Å². The van der Waals surface area contributed by atoms with E-state index in [1.54, 1.807) is 24.9 Å². The van der Waals surface area contributed by atoms with Crippen LogP contribution in [0.25, 0.3) is 0 Å². The normalized spacial score (nSPS) is 13.2. The molecular formula is C18H33N3O4S. The van der Waals surface area contributed by atoms with Gasteiger partial charge in [-0.25, -0.2) is 4.79 Å². The van der Waals surface area contributed by atoms with Crippen molar-refractivity contribution in [2.45, 2.75) is 45.9 Å². The molecule has 0 radical (unpaired) electrons. The molecule has 0 aliphatic rings. The van der Waals surface area contributed by atoms with E-state index < -0.39 is 5.97 Å². The Hall–Kier alpha value is -1.54. The second-order valence-corrected chi connectivity index (χ2v) is 8.56. The van der Waals surface area contributed by atoms with E-state index in [0.717, 1.165) is 5.88 Å². The molecule has 0 saturated carbocycles. The number of carbonyl (C=O) groups excluding carboxylic acids is 2. The molecule has 26 heavy (non-hydrogen) atoms. The largest absolute Gasteiger partial charge is 0.478 e. The fraction of sp³-hybridized carbons (Fsp3) is 0.722. The maximum Gasteiger partial charge on any atom is 0.331 e. The number of hydrogen-bond donors (Lipinski definition) is 2. The highest BCUT2D eigenvalue weighted by molar-refractivity contribution is 7.99. The zero-order valence-electron chi connectivity index (χ0n) is 16.9. The summed E-state index contributed by atoms with van der Waals surface area (Å²) in [6.45, 7) is 9.65. The van der Waals surface area contributed by atoms with Crippen molar-refractivity contribution in [1.82, 2.24) is 15.1 Å². The van der Waals surface area contributed by atoms with Crippen molar-refractivity contribution in [3.05, 3.63) is 11.6 Å². The van der Waals surface area contributed by atoms with Crippen LogP contribution in [0.2, 0.25) is 0 Å². The second kappa shape index (κ2) is 12.0. The average Bonchev–Trinajstić information content (AvgIpc) is 2.54. The summed E-state index contributed by atoms with van der Waals surface area (Å²) in [7, 11) is 3.48. The number of nitrogens with one attached hydrogen (secondary N) is 1. The number of thioether (sulfide) groups is 1. The third-order valence-corrected chi connectivity index (χ3v) is 5.02. The summed E-state index contributed by atoms with van der Waals surface area (Å²) >= 11 is 1.74. The zero-order chi connectivity index (χ0) is 20.4. The molecular weight excluding hydrogens is 354 g/mol. The van der Waals surface area contributed by atoms with E-state index >= 15 is 0 Å². The molecule has 0 aromatic heterocycles. The zero-order valence-corrected chi connectivity index (χ0v) is 17.7. The van der Waals surface area contributed by atoms with Gasteiger partial charge in [0.1, 0.15) is 0 Å². The van der Waals surface area contributed by atoms with Crippen molar-refractivity contribution in [2.75, 3.05) is 33.1 Å². The quantitative estimate of drug-likeness (QED) is 0.414. The van der Waals surface area contributed by atoms with E-state index in [9.17, 15) is 14.4 Å². The number of aliphatic carboxylic acids is 1. The highest BCUT2D eigenvalue weighted by atomic mass is 32.2. The van der Waals surface area contributed by atoms with E-state index in [2.05, 4.69) is 19.2 Å². The van der Waals surface area contributed by atoms with Crippen LogP contribution in [-0.2, 0) is 14.4 Å². The van der Waals surface area contributed by atoms with Gasteiger partial charge in [0.05, 0.1) is 19.1 Å². The molecule has 0 saturated heterocycles. The second-order valence-electron chi connectivity index (χ2n) is 7.03. The first-order valence-corrected chi connectivity index (χ1v) is 9.74. The van der Waals surface area contributed by atoms with Gasteiger partial charge >= 0.3 is 5.97 Å². The molecule has 2 N–H and O–H groups in total. The molecule has 0 aromatic carbocycles. The SMILES string of the molecule is CC(=C[C@H](C(C)C)N(C)C(=O)CNC(=O)CN(C)CSC(C)C)C(=O)O. The molecule has 0 unspecified atom stereocenters. The molecule has 7 nitrogen and oxygen atoms in total. The maximum atomic E-state index is 12.4. The summed E-state index contributed by atoms with van der Waals surface area (Å²) in [4.78, 5) is 38.7. The molecule has 1 atom stereocenters. The Labute approximate surface area is 161 Å². The van der Waals surface area contributed by atoms with E-state index in [1.807, 2.05) is 25.8 Å². The minimum absolute atomic E-state index is 0.0492. The van der Waals surface area contributed by atoms with Gasteiger partial charge in [-0.15, -0.1) is 11.8 Å². The summed E-state index contributed by atoms with van der Waals surface area (Å²) in [6, 6.07) is -0.347. The van der Waals surface area contributed by atoms with E-state index in [4.69, 9.17) is 5.11 Å². The Kier molecular flexibility index (Phi) is 11.2. The van der Waals surface area contributed by atoms with Crippen LogP contribution in [0, 0.1) is 5.92 Å². The molecule has 8 heteroatoms. The fourth-order valence-electron chi connectivity index (χ4n) is 2.17. The van der Waals surface area contributed by atoms with E-state index in [0.29, 0.717) is 5.25 Å². The first kappa shape index (κ1) is 24.5. The number of nitrogens with zero attached hydrogens (tertiary/aromatic N) is 2. The van der Waals surface area contributed by atoms with Gasteiger partial charge in [-0.2, -0.15) is 0 Å². The Morgan fingerprint density at radius 3 is 2.19 bits per heavy atom. The topological polar surface area (TPSA) is 90.0 Å². The molecule has 0 rings (SSSR count). The highest BCUT2D eigenvalue weighted by Crippen LogP contribution is 2.13. The van der Waals surface area contributed by atoms with Gasteiger partial charge in [-0.05, 0) is 19.9 Å². The lowest BCUT2D eigenvalue weighted by Gasteiger charge is -2.29. The predicted octanol–water partition coefficient (Wildman–Crippen LogP) is 1.65. The number of carboxylic acids is 1. The van der Waals surface area contributed by atoms with Gasteiger partial charge in [0.2, 0.25) is 11.8 Å². The lowest BCUT2D eigenvalue weighted by atomic mass is 10.00. The fourth-order valence-corrected chi connectivity index (χ4v) is 2.81. The summed E-state index contributed by atoms with van der Waals surface area (Å²) in [5, 5.41) is 12.2. The number of rotatable bonds is 11. The predicted molar refractivity (Wildman–Crippen MR) is 106 cm³/mol. The van der Waals surface area contributed by atoms with Gasteiger partial charge in [-0.3, -0.25) is 14.5 Å². The molecule has 0 bridgehead atoms. The van der Waals surface area contributed by atoms with Gasteiger partial charge < -0.3 is 15.3 Å². The van der Waals surface area contributed by atoms with Gasteiger partial charge in [0.25, 0.3) is 0 Å². The lowest BCUT2D eigenvalue weighted by Crippen LogP contribution is -2.46. The Bertz CT molecular complexity index is 521. The Morgan fingerprint density at radius 2 is 1.73 bits per heavy atom. The van der Waals surface area contributed by atoms with Crippen LogP contribution < -0.4 is 5.32 Å². The highest BCUT2D eigenvalue weighted by Gasteiger charge is 2.22. The first-order valence-electron chi connectivity index (χ1n) is 8.69. The third kappa shape index (κ3) is 9.82. The van der Waals surface area contributed by atoms with Crippen molar-refractivity contribution in [3.63, 3.8) is 0 Å². The minimum Gasteiger partial charge on any atom is -0.478 e. The van der Waals surface area contributed by atoms with Crippen LogP contribution in [0.1, 0.15) is 34.6 Å². The molecule has 0 aromatic rings. The molecule has 150 valence electrons. The molecule has 2 amide bonds. The first-order chi connectivity index (χ1) is 12.0. The van der Waals surface area contributed by atoms with Crippen LogP contribution in [0.5, 0.6) is 0 Å². The summed E-state index contributed by atoms with van der Waals surface area (Å²) in [6.07, 6.45) is 1.57.